The van der Waals surface area contributed by atoms with Crippen LogP contribution in [0, 0.1) is 5.92 Å². The molecular weight excluding hydrogens is 392 g/mol. The number of ether oxygens (including phenoxy) is 2. The number of carboxylic acid groups (broad SMARTS) is 1. The summed E-state index contributed by atoms with van der Waals surface area (Å²) in [6.07, 6.45) is 3.40. The molecule has 0 fully saturated rings. The molecule has 0 aliphatic carbocycles. The number of rotatable bonds is 9. The van der Waals surface area contributed by atoms with Crippen molar-refractivity contribution >= 4 is 22.7 Å². The van der Waals surface area contributed by atoms with E-state index < -0.39 is 11.9 Å². The maximum Gasteiger partial charge on any atom is 0.343 e. The number of carbonyl (C=O) groups excluding carboxylic acids is 1. The van der Waals surface area contributed by atoms with Crippen molar-refractivity contribution in [2.45, 2.75) is 26.7 Å². The molecule has 0 radical (unpaired) electrons. The van der Waals surface area contributed by atoms with Crippen LogP contribution >= 0.6 is 0 Å². The highest BCUT2D eigenvalue weighted by Crippen LogP contribution is 2.29. The van der Waals surface area contributed by atoms with Crippen molar-refractivity contribution in [3.05, 3.63) is 83.9 Å². The Hall–Kier alpha value is -3.60. The largest absolute Gasteiger partial charge is 0.490 e. The number of esters is 1. The average molecular weight is 418 g/mol. The third-order valence-corrected chi connectivity index (χ3v) is 5.19. The lowest BCUT2D eigenvalue weighted by Crippen LogP contribution is -2.09. The van der Waals surface area contributed by atoms with Crippen molar-refractivity contribution in [3.8, 4) is 11.5 Å². The van der Waals surface area contributed by atoms with E-state index in [4.69, 9.17) is 9.47 Å². The van der Waals surface area contributed by atoms with E-state index in [1.807, 2.05) is 6.07 Å². The molecule has 3 aromatic rings. The summed E-state index contributed by atoms with van der Waals surface area (Å²) < 4.78 is 11.1. The fourth-order valence-corrected chi connectivity index (χ4v) is 3.29. The molecule has 0 heterocycles. The van der Waals surface area contributed by atoms with Crippen molar-refractivity contribution < 1.29 is 24.2 Å². The lowest BCUT2D eigenvalue weighted by atomic mass is 9.93. The molecule has 160 valence electrons. The lowest BCUT2D eigenvalue weighted by Gasteiger charge is -2.14. The Morgan fingerprint density at radius 1 is 1.03 bits per heavy atom. The summed E-state index contributed by atoms with van der Waals surface area (Å²) in [6, 6.07) is 15.3. The molecule has 3 aromatic carbocycles. The molecule has 1 atom stereocenters. The maximum atomic E-state index is 12.7. The molecule has 0 spiro atoms. The highest BCUT2D eigenvalue weighted by molar-refractivity contribution is 5.97. The first kappa shape index (κ1) is 22.1. The summed E-state index contributed by atoms with van der Waals surface area (Å²) in [6.45, 7) is 8.25. The Bertz CT molecular complexity index is 1100. The van der Waals surface area contributed by atoms with Crippen LogP contribution in [0.25, 0.3) is 10.8 Å². The van der Waals surface area contributed by atoms with Crippen LogP contribution < -0.4 is 9.47 Å². The van der Waals surface area contributed by atoms with Crippen molar-refractivity contribution in [2.24, 2.45) is 5.92 Å². The van der Waals surface area contributed by atoms with E-state index >= 15 is 0 Å². The van der Waals surface area contributed by atoms with E-state index in [1.54, 1.807) is 54.6 Å². The van der Waals surface area contributed by atoms with Gasteiger partial charge in [0.25, 0.3) is 0 Å². The van der Waals surface area contributed by atoms with Crippen LogP contribution in [0.2, 0.25) is 0 Å². The molecule has 0 saturated carbocycles. The summed E-state index contributed by atoms with van der Waals surface area (Å²) in [5.74, 6) is 0.0579. The fourth-order valence-electron chi connectivity index (χ4n) is 3.29. The van der Waals surface area contributed by atoms with E-state index in [9.17, 15) is 14.7 Å². The number of hydrogen-bond donors (Lipinski definition) is 1. The van der Waals surface area contributed by atoms with E-state index in [0.717, 1.165) is 29.2 Å². The van der Waals surface area contributed by atoms with Crippen LogP contribution in [-0.2, 0) is 6.42 Å². The Labute approximate surface area is 181 Å². The molecule has 0 saturated heterocycles. The summed E-state index contributed by atoms with van der Waals surface area (Å²) in [7, 11) is 0. The minimum absolute atomic E-state index is 0.237. The lowest BCUT2D eigenvalue weighted by molar-refractivity contribution is 0.0694. The van der Waals surface area contributed by atoms with E-state index in [-0.39, 0.29) is 5.56 Å². The second kappa shape index (κ2) is 9.94. The van der Waals surface area contributed by atoms with Crippen molar-refractivity contribution in [1.29, 1.82) is 0 Å². The van der Waals surface area contributed by atoms with Gasteiger partial charge in [0, 0.05) is 0 Å². The molecule has 0 aromatic heterocycles. The molecule has 31 heavy (non-hydrogen) atoms. The average Bonchev–Trinajstić information content (AvgIpc) is 2.77. The summed E-state index contributed by atoms with van der Waals surface area (Å²) in [5, 5.41) is 11.0. The normalized spacial score (nSPS) is 11.7. The number of aromatic carboxylic acids is 1. The molecule has 1 N–H and O–H groups in total. The van der Waals surface area contributed by atoms with Crippen LogP contribution in [0.15, 0.2) is 67.3 Å². The van der Waals surface area contributed by atoms with Gasteiger partial charge in [0.1, 0.15) is 18.1 Å². The third kappa shape index (κ3) is 5.51. The molecule has 5 heteroatoms. The smallest absolute Gasteiger partial charge is 0.343 e. The topological polar surface area (TPSA) is 72.8 Å². The first-order valence-corrected chi connectivity index (χ1v) is 10.3. The summed E-state index contributed by atoms with van der Waals surface area (Å²) in [4.78, 5) is 24.1. The van der Waals surface area contributed by atoms with Gasteiger partial charge in [0.05, 0.1) is 11.1 Å². The molecule has 3 rings (SSSR count). The highest BCUT2D eigenvalue weighted by Gasteiger charge is 2.14. The van der Waals surface area contributed by atoms with Gasteiger partial charge in [0.15, 0.2) is 0 Å². The second-order valence-corrected chi connectivity index (χ2v) is 7.55. The quantitative estimate of drug-likeness (QED) is 0.266. The second-order valence-electron chi connectivity index (χ2n) is 7.55. The zero-order chi connectivity index (χ0) is 22.4. The number of fused-ring (bicyclic) bond motifs is 1. The van der Waals surface area contributed by atoms with Crippen molar-refractivity contribution in [1.82, 2.24) is 0 Å². The zero-order valence-electron chi connectivity index (χ0n) is 17.8. The maximum absolute atomic E-state index is 12.7. The number of carbonyl (C=O) groups is 2. The molecule has 0 amide bonds. The first-order chi connectivity index (χ1) is 14.9. The number of carboxylic acids is 1. The Morgan fingerprint density at radius 3 is 2.39 bits per heavy atom. The van der Waals surface area contributed by atoms with Gasteiger partial charge in [-0.3, -0.25) is 0 Å². The summed E-state index contributed by atoms with van der Waals surface area (Å²) in [5.41, 5.74) is 1.61. The van der Waals surface area contributed by atoms with E-state index in [2.05, 4.69) is 20.4 Å². The molecule has 0 aliphatic rings. The minimum Gasteiger partial charge on any atom is -0.490 e. The monoisotopic (exact) mass is 418 g/mol. The van der Waals surface area contributed by atoms with Crippen molar-refractivity contribution in [3.63, 3.8) is 0 Å². The number of benzene rings is 3. The highest BCUT2D eigenvalue weighted by atomic mass is 16.5. The van der Waals surface area contributed by atoms with Gasteiger partial charge in [-0.15, -0.1) is 0 Å². The predicted molar refractivity (Wildman–Crippen MR) is 121 cm³/mol. The molecule has 0 bridgehead atoms. The van der Waals surface area contributed by atoms with Gasteiger partial charge in [-0.2, -0.15) is 0 Å². The molecule has 0 aliphatic heterocycles. The Kier molecular flexibility index (Phi) is 7.08. The van der Waals surface area contributed by atoms with Crippen LogP contribution in [-0.4, -0.2) is 23.7 Å². The van der Waals surface area contributed by atoms with Crippen LogP contribution in [0.3, 0.4) is 0 Å². The van der Waals surface area contributed by atoms with Crippen LogP contribution in [0.1, 0.15) is 46.5 Å². The number of hydrogen-bond acceptors (Lipinski definition) is 4. The van der Waals surface area contributed by atoms with E-state index in [0.29, 0.717) is 29.6 Å². The Morgan fingerprint density at radius 2 is 1.74 bits per heavy atom. The van der Waals surface area contributed by atoms with Crippen molar-refractivity contribution in [2.75, 3.05) is 6.61 Å². The predicted octanol–water partition coefficient (Wildman–Crippen LogP) is 5.91. The van der Waals surface area contributed by atoms with Gasteiger partial charge in [-0.1, -0.05) is 39.0 Å². The van der Waals surface area contributed by atoms with Crippen LogP contribution in [0.5, 0.6) is 11.5 Å². The van der Waals surface area contributed by atoms with Gasteiger partial charge in [-0.05, 0) is 77.2 Å². The Balaban J connectivity index is 1.90. The van der Waals surface area contributed by atoms with Gasteiger partial charge < -0.3 is 14.6 Å². The third-order valence-electron chi connectivity index (χ3n) is 5.19. The summed E-state index contributed by atoms with van der Waals surface area (Å²) >= 11 is 0. The molecule has 5 nitrogen and oxygen atoms in total. The standard InChI is InChI=1S/C26H26O5/c1-4-12-30-22-10-8-18(9-11-22)26(29)31-23-14-19-6-7-20(25(27)28)16-24(19)21(15-23)13-17(3)5-2/h4,6-11,14-17H,1,5,12-13H2,2-3H3,(H,27,28)/t17-/m0/s1. The van der Waals surface area contributed by atoms with Crippen LogP contribution in [0.4, 0.5) is 0 Å². The molecular formula is C26H26O5. The van der Waals surface area contributed by atoms with Gasteiger partial charge in [0.2, 0.25) is 0 Å². The molecule has 0 unspecified atom stereocenters. The minimum atomic E-state index is -0.965. The zero-order valence-corrected chi connectivity index (χ0v) is 17.8. The SMILES string of the molecule is C=CCOc1ccc(C(=O)Oc2cc(C[C@@H](C)CC)c3cc(C(=O)O)ccc3c2)cc1. The fraction of sp³-hybridized carbons (Fsp3) is 0.231. The van der Waals surface area contributed by atoms with E-state index in [1.165, 1.54) is 0 Å². The first-order valence-electron chi connectivity index (χ1n) is 10.3. The van der Waals surface area contributed by atoms with Gasteiger partial charge in [-0.25, -0.2) is 9.59 Å². The van der Waals surface area contributed by atoms with Gasteiger partial charge >= 0.3 is 11.9 Å².